The lowest BCUT2D eigenvalue weighted by Gasteiger charge is -2.32. The van der Waals surface area contributed by atoms with Gasteiger partial charge in [0.15, 0.2) is 0 Å². The third-order valence-electron chi connectivity index (χ3n) is 3.72. The molecule has 1 aliphatic carbocycles. The number of carbonyl (C=O) groups excluding carboxylic acids is 2. The second kappa shape index (κ2) is 6.75. The first-order valence-corrected chi connectivity index (χ1v) is 7.28. The highest BCUT2D eigenvalue weighted by molar-refractivity contribution is 6.14. The van der Waals surface area contributed by atoms with E-state index >= 15 is 0 Å². The monoisotopic (exact) mass is 304 g/mol. The highest BCUT2D eigenvalue weighted by Gasteiger charge is 2.47. The van der Waals surface area contributed by atoms with Crippen molar-refractivity contribution in [2.24, 2.45) is 0 Å². The number of aryl methyl sites for hydroxylation is 1. The van der Waals surface area contributed by atoms with Crippen LogP contribution in [-0.2, 0) is 25.7 Å². The van der Waals surface area contributed by atoms with Crippen molar-refractivity contribution in [3.63, 3.8) is 0 Å². The predicted molar refractivity (Wildman–Crippen MR) is 79.6 cm³/mol. The zero-order valence-corrected chi connectivity index (χ0v) is 12.6. The molecule has 0 amide bonds. The maximum absolute atomic E-state index is 11.1. The normalized spacial score (nSPS) is 19.3. The fraction of sp³-hybridized carbons (Fsp3) is 0.412. The number of ether oxygens (including phenoxy) is 2. The summed E-state index contributed by atoms with van der Waals surface area (Å²) >= 11 is 0. The molecule has 5 nitrogen and oxygen atoms in total. The van der Waals surface area contributed by atoms with Crippen LogP contribution in [0.5, 0.6) is 0 Å². The number of hydrogen-bond acceptors (Lipinski definition) is 5. The van der Waals surface area contributed by atoms with Crippen LogP contribution in [-0.4, -0.2) is 22.8 Å². The second-order valence-corrected chi connectivity index (χ2v) is 5.52. The summed E-state index contributed by atoms with van der Waals surface area (Å²) in [7, 11) is 0. The number of aliphatic hydroxyl groups is 1. The lowest BCUT2D eigenvalue weighted by Crippen LogP contribution is -2.44. The van der Waals surface area contributed by atoms with Gasteiger partial charge in [-0.05, 0) is 25.3 Å². The minimum absolute atomic E-state index is 0.139. The first-order chi connectivity index (χ1) is 10.5. The molecule has 118 valence electrons. The smallest absolute Gasteiger partial charge is 0.348 e. The lowest BCUT2D eigenvalue weighted by atomic mass is 10.2. The van der Waals surface area contributed by atoms with Gasteiger partial charge in [-0.15, -0.1) is 0 Å². The highest BCUT2D eigenvalue weighted by Crippen LogP contribution is 2.37. The first kappa shape index (κ1) is 16.2. The molecule has 0 atom stereocenters. The quantitative estimate of drug-likeness (QED) is 0.490. The molecular formula is C17H20O5. The average molecular weight is 304 g/mol. The standard InChI is InChI=1S/C9H10O4.C8H10O/c1-6-7(10)12-9(13-8(6)11)4-2-3-5-9;1-7-2-4-8(6-9)5-3-7/h1-5H2;2-5,9H,6H2,1H3. The largest absolute Gasteiger partial charge is 0.419 e. The molecule has 1 saturated carbocycles. The zero-order valence-electron chi connectivity index (χ0n) is 12.6. The van der Waals surface area contributed by atoms with Crippen LogP contribution in [0.2, 0.25) is 0 Å². The molecule has 2 aliphatic rings. The SMILES string of the molecule is C=C1C(=O)OC2(CCCC2)OC1=O.Cc1ccc(CO)cc1. The summed E-state index contributed by atoms with van der Waals surface area (Å²) in [5.74, 6) is -2.24. The molecule has 1 aromatic carbocycles. The second-order valence-electron chi connectivity index (χ2n) is 5.52. The van der Waals surface area contributed by atoms with Crippen LogP contribution in [0.1, 0.15) is 36.8 Å². The minimum atomic E-state index is -0.963. The molecule has 0 bridgehead atoms. The van der Waals surface area contributed by atoms with Gasteiger partial charge in [-0.1, -0.05) is 36.4 Å². The van der Waals surface area contributed by atoms with Gasteiger partial charge in [0.2, 0.25) is 0 Å². The van der Waals surface area contributed by atoms with Gasteiger partial charge in [-0.2, -0.15) is 0 Å². The predicted octanol–water partition coefficient (Wildman–Crippen LogP) is 2.40. The van der Waals surface area contributed by atoms with E-state index in [0.717, 1.165) is 18.4 Å². The van der Waals surface area contributed by atoms with Crippen LogP contribution in [0.15, 0.2) is 36.4 Å². The Balaban J connectivity index is 0.000000172. The van der Waals surface area contributed by atoms with Crippen LogP contribution in [0.3, 0.4) is 0 Å². The molecule has 2 fully saturated rings. The van der Waals surface area contributed by atoms with Crippen molar-refractivity contribution >= 4 is 11.9 Å². The Hall–Kier alpha value is -2.14. The summed E-state index contributed by atoms with van der Waals surface area (Å²) < 4.78 is 10.1. The molecule has 1 heterocycles. The van der Waals surface area contributed by atoms with Crippen LogP contribution >= 0.6 is 0 Å². The minimum Gasteiger partial charge on any atom is -0.419 e. The average Bonchev–Trinajstić information content (AvgIpc) is 2.94. The molecular weight excluding hydrogens is 284 g/mol. The topological polar surface area (TPSA) is 72.8 Å². The Morgan fingerprint density at radius 1 is 1.09 bits per heavy atom. The van der Waals surface area contributed by atoms with Gasteiger partial charge in [0.05, 0.1) is 6.61 Å². The van der Waals surface area contributed by atoms with E-state index in [4.69, 9.17) is 14.6 Å². The van der Waals surface area contributed by atoms with Crippen molar-refractivity contribution in [1.29, 1.82) is 0 Å². The number of carbonyl (C=O) groups is 2. The molecule has 0 aromatic heterocycles. The van der Waals surface area contributed by atoms with Crippen LogP contribution in [0, 0.1) is 6.92 Å². The lowest BCUT2D eigenvalue weighted by molar-refractivity contribution is -0.232. The van der Waals surface area contributed by atoms with Crippen molar-refractivity contribution < 1.29 is 24.2 Å². The Labute approximate surface area is 129 Å². The van der Waals surface area contributed by atoms with Gasteiger partial charge in [0.25, 0.3) is 5.79 Å². The number of aliphatic hydroxyl groups excluding tert-OH is 1. The molecule has 1 aromatic rings. The first-order valence-electron chi connectivity index (χ1n) is 7.28. The molecule has 22 heavy (non-hydrogen) atoms. The zero-order chi connectivity index (χ0) is 16.2. The van der Waals surface area contributed by atoms with E-state index in [2.05, 4.69) is 6.58 Å². The van der Waals surface area contributed by atoms with Gasteiger partial charge in [0.1, 0.15) is 5.57 Å². The van der Waals surface area contributed by atoms with E-state index in [1.165, 1.54) is 5.56 Å². The maximum atomic E-state index is 11.1. The maximum Gasteiger partial charge on any atom is 0.348 e. The Bertz CT molecular complexity index is 545. The van der Waals surface area contributed by atoms with Gasteiger partial charge >= 0.3 is 11.9 Å². The molecule has 0 unspecified atom stereocenters. The van der Waals surface area contributed by atoms with Crippen LogP contribution in [0.25, 0.3) is 0 Å². The van der Waals surface area contributed by atoms with Crippen molar-refractivity contribution in [1.82, 2.24) is 0 Å². The molecule has 1 saturated heterocycles. The number of rotatable bonds is 1. The molecule has 5 heteroatoms. The van der Waals surface area contributed by atoms with Crippen LogP contribution in [0.4, 0.5) is 0 Å². The van der Waals surface area contributed by atoms with Crippen molar-refractivity contribution in [2.75, 3.05) is 0 Å². The van der Waals surface area contributed by atoms with E-state index in [9.17, 15) is 9.59 Å². The molecule has 1 N–H and O–H groups in total. The van der Waals surface area contributed by atoms with E-state index in [1.807, 2.05) is 31.2 Å². The fourth-order valence-corrected chi connectivity index (χ4v) is 2.38. The fourth-order valence-electron chi connectivity index (χ4n) is 2.38. The number of esters is 2. The summed E-state index contributed by atoms with van der Waals surface area (Å²) in [5.41, 5.74) is 1.99. The highest BCUT2D eigenvalue weighted by atomic mass is 16.7. The van der Waals surface area contributed by atoms with Crippen molar-refractivity contribution in [2.45, 2.75) is 45.0 Å². The molecule has 3 rings (SSSR count). The summed E-state index contributed by atoms with van der Waals surface area (Å²) in [6.07, 6.45) is 3.07. The van der Waals surface area contributed by atoms with E-state index in [-0.39, 0.29) is 12.2 Å². The van der Waals surface area contributed by atoms with Gasteiger partial charge in [0, 0.05) is 12.8 Å². The summed E-state index contributed by atoms with van der Waals surface area (Å²) in [5, 5.41) is 8.63. The van der Waals surface area contributed by atoms with Gasteiger partial charge in [-0.3, -0.25) is 0 Å². The van der Waals surface area contributed by atoms with Gasteiger partial charge < -0.3 is 14.6 Å². The molecule has 1 spiro atoms. The van der Waals surface area contributed by atoms with E-state index in [1.54, 1.807) is 0 Å². The molecule has 1 aliphatic heterocycles. The summed E-state index contributed by atoms with van der Waals surface area (Å²) in [6, 6.07) is 7.84. The number of benzene rings is 1. The van der Waals surface area contributed by atoms with E-state index in [0.29, 0.717) is 12.8 Å². The number of hydrogen-bond donors (Lipinski definition) is 1. The Morgan fingerprint density at radius 3 is 2.05 bits per heavy atom. The molecule has 0 radical (unpaired) electrons. The van der Waals surface area contributed by atoms with Crippen molar-refractivity contribution in [3.8, 4) is 0 Å². The summed E-state index contributed by atoms with van der Waals surface area (Å²) in [4.78, 5) is 22.3. The Morgan fingerprint density at radius 2 is 1.59 bits per heavy atom. The van der Waals surface area contributed by atoms with Crippen molar-refractivity contribution in [3.05, 3.63) is 47.5 Å². The summed E-state index contributed by atoms with van der Waals surface area (Å²) in [6.45, 7) is 5.45. The van der Waals surface area contributed by atoms with Gasteiger partial charge in [-0.25, -0.2) is 9.59 Å². The third-order valence-corrected chi connectivity index (χ3v) is 3.72. The Kier molecular flexibility index (Phi) is 4.98. The van der Waals surface area contributed by atoms with E-state index < -0.39 is 17.7 Å². The van der Waals surface area contributed by atoms with Crippen LogP contribution < -0.4 is 0 Å². The third kappa shape index (κ3) is 3.74.